The second kappa shape index (κ2) is 7.98. The molecule has 1 fully saturated rings. The first-order chi connectivity index (χ1) is 13.2. The van der Waals surface area contributed by atoms with Crippen molar-refractivity contribution < 1.29 is 27.1 Å². The van der Waals surface area contributed by atoms with Crippen LogP contribution in [0.25, 0.3) is 0 Å². The van der Waals surface area contributed by atoms with Crippen LogP contribution in [0.1, 0.15) is 29.8 Å². The van der Waals surface area contributed by atoms with E-state index in [-0.39, 0.29) is 22.9 Å². The van der Waals surface area contributed by atoms with E-state index in [1.807, 2.05) is 0 Å². The molecule has 1 unspecified atom stereocenters. The monoisotopic (exact) mass is 413 g/mol. The zero-order valence-corrected chi connectivity index (χ0v) is 16.0. The number of piperidine rings is 1. The summed E-state index contributed by atoms with van der Waals surface area (Å²) < 4.78 is 54.9. The SMILES string of the molecule is Cn1cc(S(=O)(=O)N2CCCCC2CO)cc1C(=O)Nc1ccc(F)c(F)c1. The minimum absolute atomic E-state index is 0.0425. The van der Waals surface area contributed by atoms with Crippen LogP contribution < -0.4 is 5.32 Å². The van der Waals surface area contributed by atoms with Gasteiger partial charge in [-0.2, -0.15) is 4.31 Å². The molecule has 2 N–H and O–H groups in total. The molecule has 0 aliphatic carbocycles. The Bertz CT molecular complexity index is 991. The Hall–Kier alpha value is -2.30. The molecule has 0 radical (unpaired) electrons. The molecular formula is C18H21F2N3O4S. The van der Waals surface area contributed by atoms with Gasteiger partial charge in [0.1, 0.15) is 10.6 Å². The lowest BCUT2D eigenvalue weighted by Crippen LogP contribution is -2.45. The van der Waals surface area contributed by atoms with Crippen LogP contribution in [0.3, 0.4) is 0 Å². The number of anilines is 1. The molecule has 10 heteroatoms. The Morgan fingerprint density at radius 2 is 2.00 bits per heavy atom. The number of aromatic nitrogens is 1. The van der Waals surface area contributed by atoms with Crippen molar-refractivity contribution in [1.29, 1.82) is 0 Å². The van der Waals surface area contributed by atoms with Crippen LogP contribution in [0.4, 0.5) is 14.5 Å². The van der Waals surface area contributed by atoms with Crippen molar-refractivity contribution in [3.05, 3.63) is 47.8 Å². The van der Waals surface area contributed by atoms with Crippen molar-refractivity contribution >= 4 is 21.6 Å². The molecule has 0 saturated carbocycles. The highest BCUT2D eigenvalue weighted by Crippen LogP contribution is 2.26. The Balaban J connectivity index is 1.85. The van der Waals surface area contributed by atoms with Crippen LogP contribution in [-0.2, 0) is 17.1 Å². The number of aliphatic hydroxyl groups is 1. The fraction of sp³-hybridized carbons (Fsp3) is 0.389. The van der Waals surface area contributed by atoms with Gasteiger partial charge in [0.15, 0.2) is 11.6 Å². The largest absolute Gasteiger partial charge is 0.395 e. The quantitative estimate of drug-likeness (QED) is 0.785. The minimum atomic E-state index is -3.88. The molecule has 1 aromatic heterocycles. The second-order valence-electron chi connectivity index (χ2n) is 6.70. The van der Waals surface area contributed by atoms with E-state index in [0.717, 1.165) is 18.6 Å². The third kappa shape index (κ3) is 3.94. The van der Waals surface area contributed by atoms with Gasteiger partial charge in [-0.3, -0.25) is 4.79 Å². The van der Waals surface area contributed by atoms with E-state index in [0.29, 0.717) is 19.4 Å². The van der Waals surface area contributed by atoms with E-state index in [1.54, 1.807) is 0 Å². The maximum absolute atomic E-state index is 13.3. The van der Waals surface area contributed by atoms with Crippen LogP contribution in [0.15, 0.2) is 35.4 Å². The number of rotatable bonds is 5. The zero-order chi connectivity index (χ0) is 20.5. The average Bonchev–Trinajstić information content (AvgIpc) is 3.07. The molecule has 1 aromatic carbocycles. The minimum Gasteiger partial charge on any atom is -0.395 e. The van der Waals surface area contributed by atoms with Gasteiger partial charge in [0.25, 0.3) is 5.91 Å². The third-order valence-corrected chi connectivity index (χ3v) is 6.70. The normalized spacial score (nSPS) is 18.2. The molecule has 2 aromatic rings. The molecule has 152 valence electrons. The molecule has 2 heterocycles. The molecule has 7 nitrogen and oxygen atoms in total. The highest BCUT2D eigenvalue weighted by Gasteiger charge is 2.34. The number of sulfonamides is 1. The summed E-state index contributed by atoms with van der Waals surface area (Å²) in [5.74, 6) is -2.80. The summed E-state index contributed by atoms with van der Waals surface area (Å²) in [6.45, 7) is 0.0361. The van der Waals surface area contributed by atoms with Gasteiger partial charge >= 0.3 is 0 Å². The van der Waals surface area contributed by atoms with Crippen LogP contribution in [0.5, 0.6) is 0 Å². The Morgan fingerprint density at radius 3 is 2.68 bits per heavy atom. The van der Waals surface area contributed by atoms with E-state index in [9.17, 15) is 27.1 Å². The van der Waals surface area contributed by atoms with Crippen molar-refractivity contribution in [2.75, 3.05) is 18.5 Å². The number of halogens is 2. The highest BCUT2D eigenvalue weighted by molar-refractivity contribution is 7.89. The summed E-state index contributed by atoms with van der Waals surface area (Å²) in [6, 6.07) is 3.67. The maximum Gasteiger partial charge on any atom is 0.272 e. The van der Waals surface area contributed by atoms with Crippen LogP contribution in [-0.4, -0.2) is 47.5 Å². The van der Waals surface area contributed by atoms with Crippen LogP contribution in [0, 0.1) is 11.6 Å². The molecule has 0 bridgehead atoms. The second-order valence-corrected chi connectivity index (χ2v) is 8.59. The lowest BCUT2D eigenvalue weighted by molar-refractivity contribution is 0.101. The van der Waals surface area contributed by atoms with Gasteiger partial charge in [-0.15, -0.1) is 0 Å². The topological polar surface area (TPSA) is 91.6 Å². The van der Waals surface area contributed by atoms with Gasteiger partial charge in [-0.05, 0) is 31.0 Å². The Kier molecular flexibility index (Phi) is 5.82. The fourth-order valence-corrected chi connectivity index (χ4v) is 5.04. The first-order valence-electron chi connectivity index (χ1n) is 8.79. The average molecular weight is 413 g/mol. The highest BCUT2D eigenvalue weighted by atomic mass is 32.2. The number of carbonyl (C=O) groups excluding carboxylic acids is 1. The summed E-state index contributed by atoms with van der Waals surface area (Å²) in [5, 5.41) is 11.9. The first kappa shape index (κ1) is 20.4. The molecular weight excluding hydrogens is 392 g/mol. The number of benzene rings is 1. The van der Waals surface area contributed by atoms with Crippen LogP contribution >= 0.6 is 0 Å². The summed E-state index contributed by atoms with van der Waals surface area (Å²) in [7, 11) is -2.37. The van der Waals surface area contributed by atoms with Gasteiger partial charge in [-0.1, -0.05) is 6.42 Å². The molecule has 1 amide bonds. The van der Waals surface area contributed by atoms with E-state index >= 15 is 0 Å². The summed E-state index contributed by atoms with van der Waals surface area (Å²) in [5.41, 5.74) is 0.0896. The summed E-state index contributed by atoms with van der Waals surface area (Å²) in [4.78, 5) is 12.4. The number of hydrogen-bond acceptors (Lipinski definition) is 4. The van der Waals surface area contributed by atoms with E-state index in [1.165, 1.54) is 34.2 Å². The molecule has 28 heavy (non-hydrogen) atoms. The van der Waals surface area contributed by atoms with Crippen LogP contribution in [0.2, 0.25) is 0 Å². The molecule has 1 aliphatic heterocycles. The predicted octanol–water partition coefficient (Wildman–Crippen LogP) is 2.09. The number of hydrogen-bond donors (Lipinski definition) is 2. The fourth-order valence-electron chi connectivity index (χ4n) is 3.28. The molecule has 1 saturated heterocycles. The predicted molar refractivity (Wildman–Crippen MR) is 98.3 cm³/mol. The van der Waals surface area contributed by atoms with Crippen molar-refractivity contribution in [2.45, 2.75) is 30.2 Å². The Morgan fingerprint density at radius 1 is 1.25 bits per heavy atom. The van der Waals surface area contributed by atoms with E-state index in [4.69, 9.17) is 0 Å². The number of nitrogens with one attached hydrogen (secondary N) is 1. The van der Waals surface area contributed by atoms with Crippen molar-refractivity contribution in [2.24, 2.45) is 7.05 Å². The number of aliphatic hydroxyl groups excluding tert-OH is 1. The number of amides is 1. The zero-order valence-electron chi connectivity index (χ0n) is 15.2. The third-order valence-electron chi connectivity index (χ3n) is 4.78. The lowest BCUT2D eigenvalue weighted by Gasteiger charge is -2.33. The molecule has 0 spiro atoms. The molecule has 1 atom stereocenters. The lowest BCUT2D eigenvalue weighted by atomic mass is 10.1. The smallest absolute Gasteiger partial charge is 0.272 e. The molecule has 3 rings (SSSR count). The van der Waals surface area contributed by atoms with Gasteiger partial charge in [-0.25, -0.2) is 17.2 Å². The number of nitrogens with zero attached hydrogens (tertiary/aromatic N) is 2. The van der Waals surface area contributed by atoms with Gasteiger partial charge in [0.05, 0.1) is 6.61 Å². The molecule has 1 aliphatic rings. The van der Waals surface area contributed by atoms with Gasteiger partial charge in [0, 0.05) is 37.6 Å². The number of carbonyl (C=O) groups is 1. The maximum atomic E-state index is 13.3. The summed E-state index contributed by atoms with van der Waals surface area (Å²) >= 11 is 0. The van der Waals surface area contributed by atoms with Gasteiger partial charge < -0.3 is 15.0 Å². The van der Waals surface area contributed by atoms with Gasteiger partial charge in [0.2, 0.25) is 10.0 Å². The van der Waals surface area contributed by atoms with E-state index in [2.05, 4.69) is 5.32 Å². The van der Waals surface area contributed by atoms with Crippen molar-refractivity contribution in [1.82, 2.24) is 8.87 Å². The number of aryl methyl sites for hydroxylation is 1. The first-order valence-corrected chi connectivity index (χ1v) is 10.2. The van der Waals surface area contributed by atoms with E-state index < -0.39 is 33.6 Å². The summed E-state index contributed by atoms with van der Waals surface area (Å²) in [6.07, 6.45) is 3.44. The Labute approximate surface area is 161 Å². The standard InChI is InChI=1S/C18H21F2N3O4S/c1-22-10-14(28(26,27)23-7-3-2-4-13(23)11-24)9-17(22)18(25)21-12-5-6-15(19)16(20)8-12/h5-6,8-10,13,24H,2-4,7,11H2,1H3,(H,21,25). The van der Waals surface area contributed by atoms with Crippen molar-refractivity contribution in [3.8, 4) is 0 Å². The van der Waals surface area contributed by atoms with Crippen molar-refractivity contribution in [3.63, 3.8) is 0 Å².